The number of amides is 1. The van der Waals surface area contributed by atoms with Crippen molar-refractivity contribution in [3.05, 3.63) is 102 Å². The maximum Gasteiger partial charge on any atom is 0.233 e. The number of rotatable bonds is 7. The molecule has 2 bridgehead atoms. The minimum absolute atomic E-state index is 0.126. The van der Waals surface area contributed by atoms with Gasteiger partial charge in [-0.2, -0.15) is 0 Å². The molecule has 0 spiro atoms. The smallest absolute Gasteiger partial charge is 0.233 e. The van der Waals surface area contributed by atoms with E-state index in [1.54, 1.807) is 0 Å². The van der Waals surface area contributed by atoms with Crippen molar-refractivity contribution in [3.8, 4) is 0 Å². The van der Waals surface area contributed by atoms with Crippen LogP contribution in [0.3, 0.4) is 0 Å². The van der Waals surface area contributed by atoms with Crippen molar-refractivity contribution < 1.29 is 4.79 Å². The first-order valence-corrected chi connectivity index (χ1v) is 17.7. The van der Waals surface area contributed by atoms with Crippen LogP contribution in [-0.2, 0) is 15.6 Å². The Labute approximate surface area is 268 Å². The normalized spacial score (nSPS) is 26.0. The van der Waals surface area contributed by atoms with E-state index in [9.17, 15) is 4.79 Å². The molecule has 3 aliphatic heterocycles. The van der Waals surface area contributed by atoms with E-state index in [4.69, 9.17) is 4.98 Å². The summed E-state index contributed by atoms with van der Waals surface area (Å²) in [7, 11) is 0. The van der Waals surface area contributed by atoms with Gasteiger partial charge in [-0.05, 0) is 99.9 Å². The summed E-state index contributed by atoms with van der Waals surface area (Å²) in [5.41, 5.74) is 4.92. The zero-order valence-electron chi connectivity index (χ0n) is 26.9. The SMILES string of the molecule is Cc1nc2ccccc2n1C1C[C@H]2CC[C@@H](C1)N2CCC1(c2ccccc2)CCN(C(=O)C2(c3ccccc3)CCCC2)CC1. The zero-order chi connectivity index (χ0) is 30.4. The lowest BCUT2D eigenvalue weighted by atomic mass is 9.69. The Morgan fingerprint density at radius 1 is 0.756 bits per heavy atom. The minimum Gasteiger partial charge on any atom is -0.342 e. The van der Waals surface area contributed by atoms with Gasteiger partial charge in [-0.25, -0.2) is 4.98 Å². The lowest BCUT2D eigenvalue weighted by Gasteiger charge is -2.47. The first-order chi connectivity index (χ1) is 22.1. The van der Waals surface area contributed by atoms with Gasteiger partial charge in [0.2, 0.25) is 5.91 Å². The van der Waals surface area contributed by atoms with Crippen LogP contribution in [-0.4, -0.2) is 57.0 Å². The third-order valence-corrected chi connectivity index (χ3v) is 12.4. The Morgan fingerprint density at radius 3 is 2.02 bits per heavy atom. The van der Waals surface area contributed by atoms with Crippen molar-refractivity contribution in [1.82, 2.24) is 19.4 Å². The summed E-state index contributed by atoms with van der Waals surface area (Å²) in [6.45, 7) is 5.07. The molecule has 0 N–H and O–H groups in total. The van der Waals surface area contributed by atoms with Gasteiger partial charge in [0.1, 0.15) is 5.82 Å². The summed E-state index contributed by atoms with van der Waals surface area (Å²) in [6.07, 6.45) is 12.6. The van der Waals surface area contributed by atoms with E-state index < -0.39 is 0 Å². The highest BCUT2D eigenvalue weighted by Crippen LogP contribution is 2.47. The second-order valence-corrected chi connectivity index (χ2v) is 14.6. The average molecular weight is 601 g/mol. The van der Waals surface area contributed by atoms with Crippen LogP contribution >= 0.6 is 0 Å². The lowest BCUT2D eigenvalue weighted by molar-refractivity contribution is -0.139. The van der Waals surface area contributed by atoms with Gasteiger partial charge in [-0.15, -0.1) is 0 Å². The minimum atomic E-state index is -0.323. The second kappa shape index (κ2) is 11.7. The number of hydrogen-bond donors (Lipinski definition) is 0. The van der Waals surface area contributed by atoms with Gasteiger partial charge in [0.15, 0.2) is 0 Å². The first kappa shape index (κ1) is 29.0. The Balaban J connectivity index is 0.986. The number of imidazole rings is 1. The molecule has 45 heavy (non-hydrogen) atoms. The van der Waals surface area contributed by atoms with Crippen LogP contribution in [0.4, 0.5) is 0 Å². The van der Waals surface area contributed by atoms with Crippen molar-refractivity contribution in [3.63, 3.8) is 0 Å². The van der Waals surface area contributed by atoms with Gasteiger partial charge >= 0.3 is 0 Å². The number of carbonyl (C=O) groups is 1. The van der Waals surface area contributed by atoms with Crippen LogP contribution < -0.4 is 0 Å². The molecule has 4 aliphatic rings. The van der Waals surface area contributed by atoms with Crippen molar-refractivity contribution in [1.29, 1.82) is 0 Å². The van der Waals surface area contributed by atoms with Crippen molar-refractivity contribution in [2.75, 3.05) is 19.6 Å². The molecular formula is C40H48N4O. The molecule has 0 radical (unpaired) electrons. The maximum absolute atomic E-state index is 14.3. The highest BCUT2D eigenvalue weighted by molar-refractivity contribution is 5.88. The van der Waals surface area contributed by atoms with E-state index in [0.29, 0.717) is 24.0 Å². The lowest BCUT2D eigenvalue weighted by Crippen LogP contribution is -2.52. The number of aromatic nitrogens is 2. The molecule has 4 aromatic rings. The molecule has 4 heterocycles. The van der Waals surface area contributed by atoms with Crippen LogP contribution in [0.15, 0.2) is 84.9 Å². The fourth-order valence-electron chi connectivity index (χ4n) is 10.1. The molecule has 3 saturated heterocycles. The van der Waals surface area contributed by atoms with E-state index in [0.717, 1.165) is 69.5 Å². The number of piperidine rings is 2. The van der Waals surface area contributed by atoms with Crippen molar-refractivity contribution >= 4 is 16.9 Å². The average Bonchev–Trinajstić information content (AvgIpc) is 3.78. The molecule has 5 nitrogen and oxygen atoms in total. The third kappa shape index (κ3) is 5.02. The number of carbonyl (C=O) groups excluding carboxylic acids is 1. The topological polar surface area (TPSA) is 41.4 Å². The number of benzene rings is 3. The Bertz CT molecular complexity index is 1620. The molecule has 234 valence electrons. The van der Waals surface area contributed by atoms with Crippen molar-refractivity contribution in [2.45, 2.75) is 107 Å². The van der Waals surface area contributed by atoms with Crippen LogP contribution in [0.5, 0.6) is 0 Å². The number of nitrogens with zero attached hydrogens (tertiary/aromatic N) is 4. The summed E-state index contributed by atoms with van der Waals surface area (Å²) < 4.78 is 2.54. The van der Waals surface area contributed by atoms with Gasteiger partial charge in [0.25, 0.3) is 0 Å². The van der Waals surface area contributed by atoms with Crippen LogP contribution in [0.1, 0.15) is 93.6 Å². The Kier molecular flexibility index (Phi) is 7.56. The van der Waals surface area contributed by atoms with E-state index in [-0.39, 0.29) is 10.8 Å². The van der Waals surface area contributed by atoms with Crippen LogP contribution in [0.25, 0.3) is 11.0 Å². The highest BCUT2D eigenvalue weighted by atomic mass is 16.2. The van der Waals surface area contributed by atoms with Gasteiger partial charge in [-0.3, -0.25) is 9.69 Å². The van der Waals surface area contributed by atoms with E-state index in [1.807, 2.05) is 0 Å². The number of fused-ring (bicyclic) bond motifs is 3. The second-order valence-electron chi connectivity index (χ2n) is 14.6. The largest absolute Gasteiger partial charge is 0.342 e. The monoisotopic (exact) mass is 600 g/mol. The Morgan fingerprint density at radius 2 is 1.36 bits per heavy atom. The molecule has 1 aromatic heterocycles. The van der Waals surface area contributed by atoms with E-state index >= 15 is 0 Å². The number of likely N-dealkylation sites (tertiary alicyclic amines) is 1. The van der Waals surface area contributed by atoms with E-state index in [2.05, 4.69) is 106 Å². The maximum atomic E-state index is 14.3. The molecule has 1 saturated carbocycles. The molecule has 3 atom stereocenters. The van der Waals surface area contributed by atoms with Gasteiger partial charge < -0.3 is 9.47 Å². The number of hydrogen-bond acceptors (Lipinski definition) is 3. The highest BCUT2D eigenvalue weighted by Gasteiger charge is 2.48. The van der Waals surface area contributed by atoms with Crippen LogP contribution in [0, 0.1) is 6.92 Å². The van der Waals surface area contributed by atoms with Gasteiger partial charge in [0, 0.05) is 31.2 Å². The quantitative estimate of drug-likeness (QED) is 0.216. The predicted molar refractivity (Wildman–Crippen MR) is 181 cm³/mol. The van der Waals surface area contributed by atoms with Crippen LogP contribution in [0.2, 0.25) is 0 Å². The molecular weight excluding hydrogens is 552 g/mol. The number of aryl methyl sites for hydroxylation is 1. The summed E-state index contributed by atoms with van der Waals surface area (Å²) in [5, 5.41) is 0. The molecule has 5 heteroatoms. The molecule has 1 amide bonds. The van der Waals surface area contributed by atoms with Gasteiger partial charge in [0.05, 0.1) is 16.4 Å². The molecule has 1 unspecified atom stereocenters. The summed E-state index contributed by atoms with van der Waals surface area (Å²) in [6, 6.07) is 32.4. The Hall–Kier alpha value is -3.44. The fourth-order valence-corrected chi connectivity index (χ4v) is 10.1. The zero-order valence-corrected chi connectivity index (χ0v) is 26.9. The summed E-state index contributed by atoms with van der Waals surface area (Å²) >= 11 is 0. The third-order valence-electron chi connectivity index (χ3n) is 12.4. The summed E-state index contributed by atoms with van der Waals surface area (Å²) in [5.74, 6) is 1.54. The predicted octanol–water partition coefficient (Wildman–Crippen LogP) is 7.98. The standard InChI is InChI=1S/C40H48N4O/c1-30-41-36-16-8-9-17-37(36)44(30)35-28-33-18-19-34(29-35)43(33)27-24-39(31-12-4-2-5-13-31)22-25-42(26-23-39)38(45)40(20-10-11-21-40)32-14-6-3-7-15-32/h2-9,12-17,33-35H,10-11,18-29H2,1H3/t33-,34+,35?. The van der Waals surface area contributed by atoms with E-state index in [1.165, 1.54) is 48.7 Å². The number of para-hydroxylation sites is 2. The van der Waals surface area contributed by atoms with Gasteiger partial charge in [-0.1, -0.05) is 85.6 Å². The summed E-state index contributed by atoms with van der Waals surface area (Å²) in [4.78, 5) is 24.3. The molecule has 1 aliphatic carbocycles. The molecule has 4 fully saturated rings. The fraction of sp³-hybridized carbons (Fsp3) is 0.500. The van der Waals surface area contributed by atoms with Crippen molar-refractivity contribution in [2.24, 2.45) is 0 Å². The molecule has 3 aromatic carbocycles. The first-order valence-electron chi connectivity index (χ1n) is 17.7. The molecule has 8 rings (SSSR count).